The maximum atomic E-state index is 12.3. The Bertz CT molecular complexity index is 344. The Morgan fingerprint density at radius 2 is 2.00 bits per heavy atom. The third-order valence-corrected chi connectivity index (χ3v) is 5.57. The average Bonchev–Trinajstić information content (AvgIpc) is 2.38. The SMILES string of the molecule is O=C(C1CCC1)N1CCC2(CC1)CC(CCO)CCO2. The molecular weight excluding hydrogens is 254 g/mol. The highest BCUT2D eigenvalue weighted by Gasteiger charge is 2.42. The first-order valence-corrected chi connectivity index (χ1v) is 8.26. The first-order chi connectivity index (χ1) is 9.72. The first kappa shape index (κ1) is 14.3. The van der Waals surface area contributed by atoms with Crippen molar-refractivity contribution in [2.24, 2.45) is 11.8 Å². The van der Waals surface area contributed by atoms with Gasteiger partial charge >= 0.3 is 0 Å². The summed E-state index contributed by atoms with van der Waals surface area (Å²) in [4.78, 5) is 14.3. The largest absolute Gasteiger partial charge is 0.396 e. The molecule has 0 aromatic carbocycles. The van der Waals surface area contributed by atoms with Gasteiger partial charge in [0, 0.05) is 32.2 Å². The maximum Gasteiger partial charge on any atom is 0.225 e. The Labute approximate surface area is 121 Å². The Hall–Kier alpha value is -0.610. The molecule has 0 radical (unpaired) electrons. The normalized spacial score (nSPS) is 30.2. The monoisotopic (exact) mass is 281 g/mol. The summed E-state index contributed by atoms with van der Waals surface area (Å²) in [5.74, 6) is 1.30. The van der Waals surface area contributed by atoms with E-state index in [1.807, 2.05) is 0 Å². The first-order valence-electron chi connectivity index (χ1n) is 8.26. The molecule has 1 spiro atoms. The molecule has 1 amide bonds. The van der Waals surface area contributed by atoms with Gasteiger partial charge in [-0.25, -0.2) is 0 Å². The summed E-state index contributed by atoms with van der Waals surface area (Å²) in [6, 6.07) is 0. The highest BCUT2D eigenvalue weighted by atomic mass is 16.5. The van der Waals surface area contributed by atoms with E-state index < -0.39 is 0 Å². The number of likely N-dealkylation sites (tertiary alicyclic amines) is 1. The lowest BCUT2D eigenvalue weighted by atomic mass is 9.77. The molecule has 0 bridgehead atoms. The topological polar surface area (TPSA) is 49.8 Å². The van der Waals surface area contributed by atoms with E-state index in [0.29, 0.717) is 17.7 Å². The fourth-order valence-electron chi connectivity index (χ4n) is 3.95. The molecule has 1 saturated carbocycles. The van der Waals surface area contributed by atoms with Crippen LogP contribution in [0.25, 0.3) is 0 Å². The van der Waals surface area contributed by atoms with Crippen LogP contribution in [-0.2, 0) is 9.53 Å². The summed E-state index contributed by atoms with van der Waals surface area (Å²) in [6.07, 6.45) is 8.41. The number of carbonyl (C=O) groups is 1. The van der Waals surface area contributed by atoms with Gasteiger partial charge in [-0.3, -0.25) is 4.79 Å². The van der Waals surface area contributed by atoms with Gasteiger partial charge in [-0.2, -0.15) is 0 Å². The van der Waals surface area contributed by atoms with Gasteiger partial charge in [0.05, 0.1) is 5.60 Å². The molecule has 1 unspecified atom stereocenters. The van der Waals surface area contributed by atoms with E-state index in [9.17, 15) is 4.79 Å². The molecule has 0 aromatic heterocycles. The molecule has 4 heteroatoms. The minimum atomic E-state index is -0.00548. The summed E-state index contributed by atoms with van der Waals surface area (Å²) in [6.45, 7) is 2.83. The molecule has 1 atom stereocenters. The van der Waals surface area contributed by atoms with E-state index in [0.717, 1.165) is 64.6 Å². The van der Waals surface area contributed by atoms with Gasteiger partial charge in [-0.15, -0.1) is 0 Å². The van der Waals surface area contributed by atoms with Crippen molar-refractivity contribution in [2.45, 2.75) is 57.0 Å². The zero-order chi connectivity index (χ0) is 14.0. The molecule has 1 N–H and O–H groups in total. The second-order valence-corrected chi connectivity index (χ2v) is 6.86. The zero-order valence-electron chi connectivity index (χ0n) is 12.4. The van der Waals surface area contributed by atoms with E-state index in [4.69, 9.17) is 9.84 Å². The number of rotatable bonds is 3. The lowest BCUT2D eigenvalue weighted by Gasteiger charge is -2.47. The van der Waals surface area contributed by atoms with Crippen molar-refractivity contribution < 1.29 is 14.6 Å². The van der Waals surface area contributed by atoms with Gasteiger partial charge in [0.2, 0.25) is 5.91 Å². The summed E-state index contributed by atoms with van der Waals surface area (Å²) >= 11 is 0. The summed E-state index contributed by atoms with van der Waals surface area (Å²) < 4.78 is 6.09. The number of piperidine rings is 1. The van der Waals surface area contributed by atoms with Crippen LogP contribution >= 0.6 is 0 Å². The second-order valence-electron chi connectivity index (χ2n) is 6.86. The van der Waals surface area contributed by atoms with Gasteiger partial charge in [0.25, 0.3) is 0 Å². The number of aliphatic hydroxyl groups is 1. The zero-order valence-corrected chi connectivity index (χ0v) is 12.4. The molecule has 1 aliphatic carbocycles. The van der Waals surface area contributed by atoms with E-state index in [-0.39, 0.29) is 12.2 Å². The number of hydrogen-bond donors (Lipinski definition) is 1. The second kappa shape index (κ2) is 6.02. The Morgan fingerprint density at radius 1 is 1.25 bits per heavy atom. The number of carbonyl (C=O) groups excluding carboxylic acids is 1. The lowest BCUT2D eigenvalue weighted by molar-refractivity contribution is -0.152. The molecule has 114 valence electrons. The quantitative estimate of drug-likeness (QED) is 0.860. The number of aliphatic hydroxyl groups excluding tert-OH is 1. The van der Waals surface area contributed by atoms with E-state index in [1.54, 1.807) is 0 Å². The van der Waals surface area contributed by atoms with E-state index in [1.165, 1.54) is 6.42 Å². The Morgan fingerprint density at radius 3 is 2.60 bits per heavy atom. The van der Waals surface area contributed by atoms with Crippen molar-refractivity contribution >= 4 is 5.91 Å². The maximum absolute atomic E-state index is 12.3. The van der Waals surface area contributed by atoms with Crippen LogP contribution in [0.2, 0.25) is 0 Å². The smallest absolute Gasteiger partial charge is 0.225 e. The van der Waals surface area contributed by atoms with Crippen molar-refractivity contribution in [1.29, 1.82) is 0 Å². The van der Waals surface area contributed by atoms with Crippen molar-refractivity contribution in [1.82, 2.24) is 4.90 Å². The van der Waals surface area contributed by atoms with Crippen molar-refractivity contribution in [3.05, 3.63) is 0 Å². The molecule has 0 aromatic rings. The molecular formula is C16H27NO3. The fraction of sp³-hybridized carbons (Fsp3) is 0.938. The number of nitrogens with zero attached hydrogens (tertiary/aromatic N) is 1. The standard InChI is InChI=1S/C16H27NO3/c18-10-4-13-5-11-20-16(12-13)6-8-17(9-7-16)15(19)14-2-1-3-14/h13-14,18H,1-12H2. The van der Waals surface area contributed by atoms with E-state index >= 15 is 0 Å². The molecule has 3 rings (SSSR count). The predicted octanol–water partition coefficient (Wildman–Crippen LogP) is 1.96. The third-order valence-electron chi connectivity index (χ3n) is 5.57. The highest BCUT2D eigenvalue weighted by Crippen LogP contribution is 2.39. The highest BCUT2D eigenvalue weighted by molar-refractivity contribution is 5.79. The van der Waals surface area contributed by atoms with Crippen LogP contribution in [0.15, 0.2) is 0 Å². The molecule has 2 saturated heterocycles. The molecule has 2 aliphatic heterocycles. The van der Waals surface area contributed by atoms with Crippen molar-refractivity contribution in [3.8, 4) is 0 Å². The Balaban J connectivity index is 1.53. The number of ether oxygens (including phenoxy) is 1. The molecule has 4 nitrogen and oxygen atoms in total. The molecule has 20 heavy (non-hydrogen) atoms. The molecule has 3 fully saturated rings. The van der Waals surface area contributed by atoms with E-state index in [2.05, 4.69) is 4.90 Å². The van der Waals surface area contributed by atoms with Crippen molar-refractivity contribution in [2.75, 3.05) is 26.3 Å². The summed E-state index contributed by atoms with van der Waals surface area (Å²) in [5.41, 5.74) is -0.00548. The molecule has 3 aliphatic rings. The van der Waals surface area contributed by atoms with Gasteiger partial charge in [0.1, 0.15) is 0 Å². The van der Waals surface area contributed by atoms with Crippen LogP contribution < -0.4 is 0 Å². The van der Waals surface area contributed by atoms with Crippen LogP contribution in [0.1, 0.15) is 51.4 Å². The minimum absolute atomic E-state index is 0.00548. The summed E-state index contributed by atoms with van der Waals surface area (Å²) in [5, 5.41) is 9.12. The van der Waals surface area contributed by atoms with Crippen LogP contribution in [-0.4, -0.2) is 47.8 Å². The van der Waals surface area contributed by atoms with Gasteiger partial charge in [-0.05, 0) is 50.9 Å². The van der Waals surface area contributed by atoms with Crippen LogP contribution in [0.5, 0.6) is 0 Å². The van der Waals surface area contributed by atoms with Crippen LogP contribution in [0, 0.1) is 11.8 Å². The summed E-state index contributed by atoms with van der Waals surface area (Å²) in [7, 11) is 0. The number of hydrogen-bond acceptors (Lipinski definition) is 3. The van der Waals surface area contributed by atoms with Gasteiger partial charge in [0.15, 0.2) is 0 Å². The minimum Gasteiger partial charge on any atom is -0.396 e. The van der Waals surface area contributed by atoms with Crippen molar-refractivity contribution in [3.63, 3.8) is 0 Å². The average molecular weight is 281 g/mol. The van der Waals surface area contributed by atoms with Gasteiger partial charge in [-0.1, -0.05) is 6.42 Å². The Kier molecular flexibility index (Phi) is 4.32. The van der Waals surface area contributed by atoms with Crippen LogP contribution in [0.4, 0.5) is 0 Å². The van der Waals surface area contributed by atoms with Gasteiger partial charge < -0.3 is 14.7 Å². The third kappa shape index (κ3) is 2.86. The molecule has 2 heterocycles. The number of amides is 1. The fourth-order valence-corrected chi connectivity index (χ4v) is 3.95. The van der Waals surface area contributed by atoms with Crippen LogP contribution in [0.3, 0.4) is 0 Å². The lowest BCUT2D eigenvalue weighted by Crippen LogP contribution is -2.52. The predicted molar refractivity (Wildman–Crippen MR) is 76.3 cm³/mol.